The molecule has 1 fully saturated rings. The zero-order chi connectivity index (χ0) is 30.4. The highest BCUT2D eigenvalue weighted by Gasteiger charge is 2.36. The number of anilines is 3. The van der Waals surface area contributed by atoms with E-state index in [1.807, 2.05) is 24.0 Å². The molecule has 1 atom stereocenters. The molecule has 4 rings (SSSR count). The minimum atomic E-state index is -4.33. The molecule has 0 aromatic heterocycles. The van der Waals surface area contributed by atoms with Gasteiger partial charge in [0, 0.05) is 18.3 Å². The Morgan fingerprint density at radius 3 is 2.31 bits per heavy atom. The van der Waals surface area contributed by atoms with Gasteiger partial charge in [-0.25, -0.2) is 14.0 Å². The summed E-state index contributed by atoms with van der Waals surface area (Å²) in [6.45, 7) is 3.19. The lowest BCUT2D eigenvalue weighted by Gasteiger charge is -2.38. The molecule has 1 saturated carbocycles. The molecule has 1 aliphatic carbocycles. The monoisotopic (exact) mass is 585 g/mol. The maximum absolute atomic E-state index is 14.2. The van der Waals surface area contributed by atoms with Crippen LogP contribution < -0.4 is 15.5 Å². The van der Waals surface area contributed by atoms with Gasteiger partial charge in [-0.05, 0) is 79.8 Å². The lowest BCUT2D eigenvalue weighted by atomic mass is 9.92. The fourth-order valence-corrected chi connectivity index (χ4v) is 5.31. The van der Waals surface area contributed by atoms with Gasteiger partial charge in [0.05, 0.1) is 22.9 Å². The second kappa shape index (κ2) is 13.3. The standard InChI is InChI=1S/C32H35F4N3O3/c1-20-8-12-24(13-9-20)37-31(42)38-28-18-22(27-19-23(33)11-14-26(27)30(40)41)10-15-29(28)39(25-6-4-3-5-7-25)17-16-21(2)32(34,35)36/h8-15,18-19,21,25H,3-7,16-17H2,1-2H3,(H,40,41)(H2,37,38,42). The van der Waals surface area contributed by atoms with Crippen molar-refractivity contribution in [2.75, 3.05) is 22.1 Å². The number of benzene rings is 3. The molecule has 0 bridgehead atoms. The summed E-state index contributed by atoms with van der Waals surface area (Å²) in [6, 6.07) is 14.7. The number of hydrogen-bond donors (Lipinski definition) is 3. The molecule has 1 aliphatic rings. The Balaban J connectivity index is 1.76. The third-order valence-electron chi connectivity index (χ3n) is 7.76. The van der Waals surface area contributed by atoms with Gasteiger partial charge >= 0.3 is 18.2 Å². The van der Waals surface area contributed by atoms with Gasteiger partial charge in [0.25, 0.3) is 0 Å². The van der Waals surface area contributed by atoms with Crippen LogP contribution in [0.15, 0.2) is 60.7 Å². The number of urea groups is 1. The summed E-state index contributed by atoms with van der Waals surface area (Å²) in [5.74, 6) is -3.39. The van der Waals surface area contributed by atoms with Crippen molar-refractivity contribution in [3.05, 3.63) is 77.6 Å². The van der Waals surface area contributed by atoms with Gasteiger partial charge in [0.2, 0.25) is 0 Å². The van der Waals surface area contributed by atoms with Gasteiger partial charge in [0.1, 0.15) is 5.82 Å². The molecule has 42 heavy (non-hydrogen) atoms. The number of amides is 2. The average molecular weight is 586 g/mol. The number of carboxylic acid groups (broad SMARTS) is 1. The summed E-state index contributed by atoms with van der Waals surface area (Å²) in [4.78, 5) is 27.0. The van der Waals surface area contributed by atoms with Gasteiger partial charge in [-0.2, -0.15) is 13.2 Å². The summed E-state index contributed by atoms with van der Waals surface area (Å²) < 4.78 is 54.6. The summed E-state index contributed by atoms with van der Waals surface area (Å²) >= 11 is 0. The number of nitrogens with one attached hydrogen (secondary N) is 2. The van der Waals surface area contributed by atoms with Crippen molar-refractivity contribution >= 4 is 29.1 Å². The van der Waals surface area contributed by atoms with Crippen LogP contribution in [0, 0.1) is 18.7 Å². The van der Waals surface area contributed by atoms with Crippen LogP contribution in [-0.2, 0) is 0 Å². The molecule has 10 heteroatoms. The molecule has 0 saturated heterocycles. The Hall–Kier alpha value is -4.08. The smallest absolute Gasteiger partial charge is 0.391 e. The fourth-order valence-electron chi connectivity index (χ4n) is 5.31. The number of halogens is 4. The van der Waals surface area contributed by atoms with E-state index in [1.165, 1.54) is 6.07 Å². The predicted molar refractivity (Wildman–Crippen MR) is 157 cm³/mol. The Morgan fingerprint density at radius 2 is 1.67 bits per heavy atom. The van der Waals surface area contributed by atoms with Crippen molar-refractivity contribution in [1.29, 1.82) is 0 Å². The SMILES string of the molecule is Cc1ccc(NC(=O)Nc2cc(-c3cc(F)ccc3C(=O)O)ccc2N(CCC(C)C(F)(F)F)C2CCCCC2)cc1. The first-order valence-electron chi connectivity index (χ1n) is 14.1. The normalized spacial score (nSPS) is 14.7. The molecule has 0 heterocycles. The number of carboxylic acids is 1. The minimum Gasteiger partial charge on any atom is -0.478 e. The zero-order valence-corrected chi connectivity index (χ0v) is 23.6. The largest absolute Gasteiger partial charge is 0.478 e. The molecule has 0 spiro atoms. The van der Waals surface area contributed by atoms with E-state index in [-0.39, 0.29) is 35.8 Å². The van der Waals surface area contributed by atoms with Gasteiger partial charge in [-0.1, -0.05) is 49.9 Å². The van der Waals surface area contributed by atoms with E-state index in [4.69, 9.17) is 0 Å². The first kappa shape index (κ1) is 30.9. The molecule has 1 unspecified atom stereocenters. The van der Waals surface area contributed by atoms with E-state index in [0.29, 0.717) is 16.9 Å². The molecule has 0 aliphatic heterocycles. The van der Waals surface area contributed by atoms with E-state index in [1.54, 1.807) is 30.3 Å². The summed E-state index contributed by atoms with van der Waals surface area (Å²) in [6.07, 6.45) is 0.0514. The molecule has 3 aromatic rings. The van der Waals surface area contributed by atoms with Gasteiger partial charge in [-0.15, -0.1) is 0 Å². The molecular formula is C32H35F4N3O3. The van der Waals surface area contributed by atoms with Gasteiger partial charge in [0.15, 0.2) is 0 Å². The van der Waals surface area contributed by atoms with Gasteiger partial charge in [-0.3, -0.25) is 0 Å². The highest BCUT2D eigenvalue weighted by molar-refractivity contribution is 6.03. The van der Waals surface area contributed by atoms with Crippen LogP contribution in [0.2, 0.25) is 0 Å². The first-order chi connectivity index (χ1) is 19.9. The highest BCUT2D eigenvalue weighted by atomic mass is 19.4. The van der Waals surface area contributed by atoms with Crippen LogP contribution in [-0.4, -0.2) is 35.9 Å². The Morgan fingerprint density at radius 1 is 0.976 bits per heavy atom. The van der Waals surface area contributed by atoms with E-state index >= 15 is 0 Å². The summed E-state index contributed by atoms with van der Waals surface area (Å²) in [5, 5.41) is 15.3. The van der Waals surface area contributed by atoms with Crippen LogP contribution in [0.3, 0.4) is 0 Å². The van der Waals surface area contributed by atoms with Crippen LogP contribution in [0.5, 0.6) is 0 Å². The Kier molecular flexibility index (Phi) is 9.75. The predicted octanol–water partition coefficient (Wildman–Crippen LogP) is 8.87. The van der Waals surface area contributed by atoms with E-state index < -0.39 is 29.9 Å². The maximum atomic E-state index is 14.2. The number of rotatable bonds is 9. The third-order valence-corrected chi connectivity index (χ3v) is 7.76. The second-order valence-electron chi connectivity index (χ2n) is 10.9. The molecule has 3 aromatic carbocycles. The van der Waals surface area contributed by atoms with Crippen molar-refractivity contribution < 1.29 is 32.3 Å². The number of alkyl halides is 3. The highest BCUT2D eigenvalue weighted by Crippen LogP contribution is 2.38. The first-order valence-corrected chi connectivity index (χ1v) is 14.1. The fraction of sp³-hybridized carbons (Fsp3) is 0.375. The molecule has 224 valence electrons. The van der Waals surface area contributed by atoms with Crippen molar-refractivity contribution in [1.82, 2.24) is 0 Å². The van der Waals surface area contributed by atoms with Crippen LogP contribution in [0.1, 0.15) is 61.4 Å². The number of aromatic carboxylic acids is 1. The number of aryl methyl sites for hydroxylation is 1. The molecular weight excluding hydrogens is 550 g/mol. The van der Waals surface area contributed by atoms with Crippen molar-refractivity contribution in [3.8, 4) is 11.1 Å². The van der Waals surface area contributed by atoms with E-state index in [9.17, 15) is 32.3 Å². The maximum Gasteiger partial charge on any atom is 0.391 e. The second-order valence-corrected chi connectivity index (χ2v) is 10.9. The zero-order valence-electron chi connectivity index (χ0n) is 23.6. The Bertz CT molecular complexity index is 1400. The minimum absolute atomic E-state index is 0.0329. The quantitative estimate of drug-likeness (QED) is 0.219. The third kappa shape index (κ3) is 7.80. The number of carbonyl (C=O) groups is 2. The van der Waals surface area contributed by atoms with Crippen LogP contribution >= 0.6 is 0 Å². The number of hydrogen-bond acceptors (Lipinski definition) is 3. The van der Waals surface area contributed by atoms with Crippen molar-refractivity contribution in [2.24, 2.45) is 5.92 Å². The molecule has 0 radical (unpaired) electrons. The van der Waals surface area contributed by atoms with Crippen LogP contribution in [0.25, 0.3) is 11.1 Å². The molecule has 3 N–H and O–H groups in total. The van der Waals surface area contributed by atoms with Crippen molar-refractivity contribution in [2.45, 2.75) is 64.6 Å². The lowest BCUT2D eigenvalue weighted by molar-refractivity contribution is -0.170. The summed E-state index contributed by atoms with van der Waals surface area (Å²) in [7, 11) is 0. The van der Waals surface area contributed by atoms with Crippen molar-refractivity contribution in [3.63, 3.8) is 0 Å². The summed E-state index contributed by atoms with van der Waals surface area (Å²) in [5.41, 5.74) is 2.69. The lowest BCUT2D eigenvalue weighted by Crippen LogP contribution is -2.39. The van der Waals surface area contributed by atoms with E-state index in [2.05, 4.69) is 10.6 Å². The van der Waals surface area contributed by atoms with Gasteiger partial charge < -0.3 is 20.6 Å². The van der Waals surface area contributed by atoms with E-state index in [0.717, 1.165) is 56.7 Å². The number of nitrogens with zero attached hydrogens (tertiary/aromatic N) is 1. The number of carbonyl (C=O) groups excluding carboxylic acids is 1. The topological polar surface area (TPSA) is 81.7 Å². The Labute approximate surface area is 242 Å². The van der Waals surface area contributed by atoms with Crippen LogP contribution in [0.4, 0.5) is 39.4 Å². The molecule has 6 nitrogen and oxygen atoms in total. The average Bonchev–Trinajstić information content (AvgIpc) is 2.94. The molecule has 2 amide bonds.